The summed E-state index contributed by atoms with van der Waals surface area (Å²) in [4.78, 5) is 29.7. The van der Waals surface area contributed by atoms with E-state index in [4.69, 9.17) is 37.9 Å². The normalized spacial score (nSPS) is 44.8. The van der Waals surface area contributed by atoms with Crippen LogP contribution in [0.5, 0.6) is 0 Å². The van der Waals surface area contributed by atoms with Gasteiger partial charge in [-0.1, -0.05) is 58.0 Å². The highest BCUT2D eigenvalue weighted by atomic mass is 16.8. The van der Waals surface area contributed by atoms with Gasteiger partial charge in [0.1, 0.15) is 18.3 Å². The van der Waals surface area contributed by atoms with E-state index in [0.717, 1.165) is 12.8 Å². The van der Waals surface area contributed by atoms with Gasteiger partial charge in [-0.2, -0.15) is 0 Å². The Morgan fingerprint density at radius 2 is 1.60 bits per heavy atom. The number of esters is 1. The Kier molecular flexibility index (Phi) is 17.0. The molecule has 0 spiro atoms. The fourth-order valence-electron chi connectivity index (χ4n) is 10.8. The number of carbonyl (C=O) groups is 2. The average molecular weight is 879 g/mol. The molecule has 4 N–H and O–H groups in total. The van der Waals surface area contributed by atoms with Gasteiger partial charge in [0.05, 0.1) is 41.5 Å². The van der Waals surface area contributed by atoms with Gasteiger partial charge < -0.3 is 63.4 Å². The number of fused-ring (bicyclic) bond motifs is 1. The molecule has 0 aromatic heterocycles. The highest BCUT2D eigenvalue weighted by Gasteiger charge is 2.59. The summed E-state index contributed by atoms with van der Waals surface area (Å²) in [7, 11) is 5.31. The molecule has 15 nitrogen and oxygen atoms in total. The number of aryl methyl sites for hydroxylation is 1. The zero-order chi connectivity index (χ0) is 45.9. The number of aliphatic hydroxyl groups is 3. The number of carbonyl (C=O) groups excluding carboxylic acids is 2. The lowest BCUT2D eigenvalue weighted by Crippen LogP contribution is -2.61. The molecular formula is C47H78N2O13. The third-order valence-electron chi connectivity index (χ3n) is 14.4. The predicted molar refractivity (Wildman–Crippen MR) is 231 cm³/mol. The molecule has 15 heteroatoms. The summed E-state index contributed by atoms with van der Waals surface area (Å²) in [6.07, 6.45) is -6.86. The molecular weight excluding hydrogens is 801 g/mol. The number of methoxy groups -OCH3 is 1. The topological polar surface area (TPSA) is 184 Å². The number of aliphatic hydroxyl groups excluding tert-OH is 2. The summed E-state index contributed by atoms with van der Waals surface area (Å²) in [6.45, 7) is 19.0. The molecule has 4 heterocycles. The summed E-state index contributed by atoms with van der Waals surface area (Å²) >= 11 is 0. The number of likely N-dealkylation sites (N-methyl/N-ethyl adjacent to an activating group) is 1. The second-order valence-corrected chi connectivity index (χ2v) is 19.7. The molecule has 354 valence electrons. The highest BCUT2D eigenvalue weighted by molar-refractivity contribution is 5.73. The van der Waals surface area contributed by atoms with Crippen LogP contribution >= 0.6 is 0 Å². The Bertz CT molecular complexity index is 1600. The van der Waals surface area contributed by atoms with Gasteiger partial charge in [0.15, 0.2) is 24.3 Å². The summed E-state index contributed by atoms with van der Waals surface area (Å²) in [6, 6.07) is 9.62. The van der Waals surface area contributed by atoms with E-state index in [0.29, 0.717) is 19.4 Å². The van der Waals surface area contributed by atoms with Crippen molar-refractivity contribution in [3.05, 3.63) is 35.9 Å². The van der Waals surface area contributed by atoms with Gasteiger partial charge in [-0.3, -0.25) is 4.79 Å². The van der Waals surface area contributed by atoms with Crippen LogP contribution in [0.4, 0.5) is 4.79 Å². The molecule has 62 heavy (non-hydrogen) atoms. The van der Waals surface area contributed by atoms with Gasteiger partial charge in [-0.15, -0.1) is 0 Å². The van der Waals surface area contributed by atoms with Gasteiger partial charge in [-0.05, 0) is 106 Å². The standard InChI is InChI=1S/C47H78N2O13/c1-14-34-47(10)41(61-44(53)62-47)28(4)36(48-22-18-21-32-19-16-15-17-20-32)26(2)24-45(8,54)40(60-43-37(50)33(49(11)12)23-27(3)56-43)29(5)38(30(6)42(52)58-34)59-35-25-46(9,55-13)39(51)31(7)57-35/h15-17,19-20,26-31,33-41,43,48,50-51,54H,14,18,21-25H2,1-13H3/t26-,27-,28-,29+,30-,31+,33+,34+,35+,36+,37-,38+,39+,40-,41?,43+,45+,46-,47-/m1/s1. The molecule has 0 radical (unpaired) electrons. The van der Waals surface area contributed by atoms with Crippen LogP contribution in [0.25, 0.3) is 0 Å². The molecule has 0 aliphatic carbocycles. The number of nitrogens with zero attached hydrogens (tertiary/aromatic N) is 1. The third kappa shape index (κ3) is 11.1. The molecule has 5 rings (SSSR count). The van der Waals surface area contributed by atoms with E-state index in [9.17, 15) is 24.9 Å². The zero-order valence-corrected chi connectivity index (χ0v) is 39.4. The lowest BCUT2D eigenvalue weighted by molar-refractivity contribution is -0.318. The lowest BCUT2D eigenvalue weighted by atomic mass is 9.72. The van der Waals surface area contributed by atoms with Crippen molar-refractivity contribution >= 4 is 12.1 Å². The number of cyclic esters (lactones) is 1. The van der Waals surface area contributed by atoms with Crippen LogP contribution in [0.2, 0.25) is 0 Å². The molecule has 0 bridgehead atoms. The summed E-state index contributed by atoms with van der Waals surface area (Å²) in [5, 5.41) is 39.6. The van der Waals surface area contributed by atoms with E-state index in [2.05, 4.69) is 24.4 Å². The minimum Gasteiger partial charge on any atom is -0.458 e. The molecule has 0 amide bonds. The van der Waals surface area contributed by atoms with Gasteiger partial charge in [0, 0.05) is 37.5 Å². The second kappa shape index (κ2) is 20.8. The van der Waals surface area contributed by atoms with Crippen molar-refractivity contribution in [1.29, 1.82) is 0 Å². The van der Waals surface area contributed by atoms with Crippen molar-refractivity contribution in [3.63, 3.8) is 0 Å². The maximum Gasteiger partial charge on any atom is 0.509 e. The SMILES string of the molecule is CC[C@@H]1OC(=O)[C@H](C)[C@@H](O[C@H]2C[C@@](C)(OC)[C@@H](O)[C@H](C)O2)[C@H](C)[C@@H](O[C@@H]2O[C@H](C)C[C@H](N(C)C)[C@H]2O)[C@@](C)(O)C[C@@H](C)[C@H](NCCCc2ccccc2)[C@@H](C)C2OC(=O)O[C@@]21C. The average Bonchev–Trinajstić information content (AvgIpc) is 3.53. The van der Waals surface area contributed by atoms with Crippen LogP contribution < -0.4 is 5.32 Å². The maximum absolute atomic E-state index is 14.6. The first-order valence-electron chi connectivity index (χ1n) is 22.9. The van der Waals surface area contributed by atoms with E-state index in [1.807, 2.05) is 64.9 Å². The summed E-state index contributed by atoms with van der Waals surface area (Å²) in [5.41, 5.74) is -2.80. The minimum absolute atomic E-state index is 0.131. The van der Waals surface area contributed by atoms with E-state index in [1.54, 1.807) is 34.6 Å². The Morgan fingerprint density at radius 3 is 2.23 bits per heavy atom. The number of benzene rings is 1. The summed E-state index contributed by atoms with van der Waals surface area (Å²) < 4.78 is 50.4. The van der Waals surface area contributed by atoms with Crippen molar-refractivity contribution in [2.45, 2.75) is 198 Å². The first kappa shape index (κ1) is 50.6. The quantitative estimate of drug-likeness (QED) is 0.163. The van der Waals surface area contributed by atoms with Crippen molar-refractivity contribution in [2.75, 3.05) is 27.7 Å². The lowest BCUT2D eigenvalue weighted by Gasteiger charge is -2.49. The maximum atomic E-state index is 14.6. The van der Waals surface area contributed by atoms with Crippen LogP contribution in [0.3, 0.4) is 0 Å². The molecule has 4 aliphatic rings. The van der Waals surface area contributed by atoms with E-state index < -0.39 is 96.1 Å². The first-order valence-corrected chi connectivity index (χ1v) is 22.9. The fourth-order valence-corrected chi connectivity index (χ4v) is 10.8. The summed E-state index contributed by atoms with van der Waals surface area (Å²) in [5.74, 6) is -3.03. The molecule has 1 unspecified atom stereocenters. The Balaban J connectivity index is 1.59. The van der Waals surface area contributed by atoms with Crippen LogP contribution in [-0.2, 0) is 49.1 Å². The second-order valence-electron chi connectivity index (χ2n) is 19.7. The van der Waals surface area contributed by atoms with Crippen molar-refractivity contribution < 1.29 is 62.8 Å². The number of hydrogen-bond donors (Lipinski definition) is 4. The van der Waals surface area contributed by atoms with Gasteiger partial charge in [0.2, 0.25) is 0 Å². The van der Waals surface area contributed by atoms with Crippen LogP contribution in [0.15, 0.2) is 30.3 Å². The molecule has 1 aromatic rings. The van der Waals surface area contributed by atoms with Crippen molar-refractivity contribution in [1.82, 2.24) is 10.2 Å². The van der Waals surface area contributed by atoms with Crippen LogP contribution in [0, 0.1) is 23.7 Å². The number of ether oxygens (including phenoxy) is 8. The smallest absolute Gasteiger partial charge is 0.458 e. The molecule has 4 saturated heterocycles. The van der Waals surface area contributed by atoms with E-state index in [1.165, 1.54) is 12.7 Å². The molecule has 0 saturated carbocycles. The van der Waals surface area contributed by atoms with E-state index in [-0.39, 0.29) is 42.9 Å². The molecule has 4 aliphatic heterocycles. The van der Waals surface area contributed by atoms with Crippen LogP contribution in [0.1, 0.15) is 107 Å². The zero-order valence-electron chi connectivity index (χ0n) is 39.4. The van der Waals surface area contributed by atoms with Crippen LogP contribution in [-0.4, -0.2) is 150 Å². The monoisotopic (exact) mass is 879 g/mol. The predicted octanol–water partition coefficient (Wildman–Crippen LogP) is 4.99. The van der Waals surface area contributed by atoms with Crippen molar-refractivity contribution in [3.8, 4) is 0 Å². The van der Waals surface area contributed by atoms with Gasteiger partial charge in [-0.25, -0.2) is 4.79 Å². The number of rotatable bonds is 12. The van der Waals surface area contributed by atoms with Crippen molar-refractivity contribution in [2.24, 2.45) is 23.7 Å². The minimum atomic E-state index is -1.63. The molecule has 1 aromatic carbocycles. The first-order chi connectivity index (χ1) is 29.1. The third-order valence-corrected chi connectivity index (χ3v) is 14.4. The largest absolute Gasteiger partial charge is 0.509 e. The highest BCUT2D eigenvalue weighted by Crippen LogP contribution is 2.44. The Labute approximate surface area is 369 Å². The number of nitrogens with one attached hydrogen (secondary N) is 1. The van der Waals surface area contributed by atoms with E-state index >= 15 is 0 Å². The Morgan fingerprint density at radius 1 is 0.919 bits per heavy atom. The van der Waals surface area contributed by atoms with Gasteiger partial charge in [0.25, 0.3) is 0 Å². The molecule has 4 fully saturated rings. The fraction of sp³-hybridized carbons (Fsp3) is 0.830. The Hall–Kier alpha value is -2.44. The molecule has 19 atom stereocenters. The van der Waals surface area contributed by atoms with Gasteiger partial charge >= 0.3 is 12.1 Å². The number of hydrogen-bond acceptors (Lipinski definition) is 15.